The Morgan fingerprint density at radius 3 is 2.32 bits per heavy atom. The molecule has 0 unspecified atom stereocenters. The summed E-state index contributed by atoms with van der Waals surface area (Å²) >= 11 is 6.21. The average Bonchev–Trinajstić information content (AvgIpc) is 2.42. The minimum Gasteiger partial charge on any atom is -0.248 e. The summed E-state index contributed by atoms with van der Waals surface area (Å²) < 4.78 is 0. The monoisotopic (exact) mass is 268 g/mol. The van der Waals surface area contributed by atoms with E-state index in [-0.39, 0.29) is 0 Å². The lowest BCUT2D eigenvalue weighted by atomic mass is 10.1. The van der Waals surface area contributed by atoms with Crippen LogP contribution in [0.15, 0.2) is 42.5 Å². The highest BCUT2D eigenvalue weighted by Gasteiger charge is 2.09. The van der Waals surface area contributed by atoms with Crippen LogP contribution in [0.25, 0.3) is 22.0 Å². The molecule has 0 saturated heterocycles. The van der Waals surface area contributed by atoms with Gasteiger partial charge in [-0.15, -0.1) is 0 Å². The van der Waals surface area contributed by atoms with Gasteiger partial charge >= 0.3 is 0 Å². The molecule has 3 aromatic rings. The summed E-state index contributed by atoms with van der Waals surface area (Å²) in [4.78, 5) is 8.89. The third kappa shape index (κ3) is 2.20. The van der Waals surface area contributed by atoms with E-state index in [1.807, 2.05) is 32.0 Å². The predicted molar refractivity (Wildman–Crippen MR) is 79.5 cm³/mol. The van der Waals surface area contributed by atoms with Gasteiger partial charge in [-0.2, -0.15) is 0 Å². The lowest BCUT2D eigenvalue weighted by Crippen LogP contribution is -1.96. The van der Waals surface area contributed by atoms with Crippen molar-refractivity contribution in [1.82, 2.24) is 9.97 Å². The van der Waals surface area contributed by atoms with Gasteiger partial charge < -0.3 is 0 Å². The van der Waals surface area contributed by atoms with Gasteiger partial charge in [-0.05, 0) is 30.7 Å². The van der Waals surface area contributed by atoms with Gasteiger partial charge in [-0.3, -0.25) is 0 Å². The number of halogens is 1. The van der Waals surface area contributed by atoms with Crippen molar-refractivity contribution >= 4 is 22.4 Å². The van der Waals surface area contributed by atoms with Gasteiger partial charge in [0.15, 0.2) is 5.15 Å². The zero-order chi connectivity index (χ0) is 13.4. The minimum atomic E-state index is 0.457. The quantitative estimate of drug-likeness (QED) is 0.646. The SMILES string of the molecule is Cc1nc(Cl)c(-c2ccc3ccccc3c2)nc1C. The molecule has 3 rings (SSSR count). The smallest absolute Gasteiger partial charge is 0.155 e. The highest BCUT2D eigenvalue weighted by atomic mass is 35.5. The summed E-state index contributed by atoms with van der Waals surface area (Å²) in [5.41, 5.74) is 3.52. The third-order valence-electron chi connectivity index (χ3n) is 3.29. The summed E-state index contributed by atoms with van der Waals surface area (Å²) in [6.45, 7) is 3.86. The van der Waals surface area contributed by atoms with Crippen LogP contribution in [0, 0.1) is 13.8 Å². The fraction of sp³-hybridized carbons (Fsp3) is 0.125. The molecular formula is C16H13ClN2. The molecule has 19 heavy (non-hydrogen) atoms. The number of hydrogen-bond acceptors (Lipinski definition) is 2. The number of aryl methyl sites for hydroxylation is 2. The van der Waals surface area contributed by atoms with E-state index >= 15 is 0 Å². The summed E-state index contributed by atoms with van der Waals surface area (Å²) in [7, 11) is 0. The zero-order valence-corrected chi connectivity index (χ0v) is 11.6. The highest BCUT2D eigenvalue weighted by molar-refractivity contribution is 6.31. The van der Waals surface area contributed by atoms with Crippen molar-refractivity contribution < 1.29 is 0 Å². The van der Waals surface area contributed by atoms with E-state index in [0.29, 0.717) is 5.15 Å². The zero-order valence-electron chi connectivity index (χ0n) is 10.8. The standard InChI is InChI=1S/C16H13ClN2/c1-10-11(2)19-16(17)15(18-10)14-8-7-12-5-3-4-6-13(12)9-14/h3-9H,1-2H3. The Bertz CT molecular complexity index is 766. The summed E-state index contributed by atoms with van der Waals surface area (Å²) in [5, 5.41) is 2.84. The average molecular weight is 269 g/mol. The number of rotatable bonds is 1. The van der Waals surface area contributed by atoms with Crippen LogP contribution in [0.4, 0.5) is 0 Å². The molecule has 1 heterocycles. The number of aromatic nitrogens is 2. The first-order valence-electron chi connectivity index (χ1n) is 6.15. The number of hydrogen-bond donors (Lipinski definition) is 0. The van der Waals surface area contributed by atoms with Crippen molar-refractivity contribution in [3.63, 3.8) is 0 Å². The minimum absolute atomic E-state index is 0.457. The molecule has 0 N–H and O–H groups in total. The Balaban J connectivity index is 2.21. The molecule has 0 aliphatic heterocycles. The first-order chi connectivity index (χ1) is 9.15. The topological polar surface area (TPSA) is 25.8 Å². The van der Waals surface area contributed by atoms with Crippen molar-refractivity contribution in [2.45, 2.75) is 13.8 Å². The maximum absolute atomic E-state index is 6.21. The maximum Gasteiger partial charge on any atom is 0.155 e. The van der Waals surface area contributed by atoms with Crippen molar-refractivity contribution in [2.24, 2.45) is 0 Å². The molecule has 0 aliphatic carbocycles. The van der Waals surface area contributed by atoms with E-state index in [1.165, 1.54) is 10.8 Å². The molecule has 0 atom stereocenters. The van der Waals surface area contributed by atoms with Gasteiger partial charge in [-0.25, -0.2) is 9.97 Å². The lowest BCUT2D eigenvalue weighted by molar-refractivity contribution is 1.05. The Morgan fingerprint density at radius 1 is 0.842 bits per heavy atom. The summed E-state index contributed by atoms with van der Waals surface area (Å²) in [6.07, 6.45) is 0. The molecule has 0 radical (unpaired) electrons. The van der Waals surface area contributed by atoms with Crippen molar-refractivity contribution in [2.75, 3.05) is 0 Å². The fourth-order valence-electron chi connectivity index (χ4n) is 2.10. The van der Waals surface area contributed by atoms with Crippen LogP contribution < -0.4 is 0 Å². The summed E-state index contributed by atoms with van der Waals surface area (Å²) in [6, 6.07) is 14.4. The molecule has 0 saturated carbocycles. The van der Waals surface area contributed by atoms with Crippen LogP contribution >= 0.6 is 11.6 Å². The second-order valence-electron chi connectivity index (χ2n) is 4.60. The van der Waals surface area contributed by atoms with E-state index in [1.54, 1.807) is 0 Å². The van der Waals surface area contributed by atoms with Crippen LogP contribution in [0.2, 0.25) is 5.15 Å². The van der Waals surface area contributed by atoms with Crippen LogP contribution in [-0.4, -0.2) is 9.97 Å². The van der Waals surface area contributed by atoms with Gasteiger partial charge in [0.1, 0.15) is 5.69 Å². The van der Waals surface area contributed by atoms with Crippen LogP contribution in [-0.2, 0) is 0 Å². The fourth-order valence-corrected chi connectivity index (χ4v) is 2.37. The Kier molecular flexibility index (Phi) is 2.96. The van der Waals surface area contributed by atoms with Crippen LogP contribution in [0.5, 0.6) is 0 Å². The lowest BCUT2D eigenvalue weighted by Gasteiger charge is -2.07. The molecule has 0 spiro atoms. The number of fused-ring (bicyclic) bond motifs is 1. The second-order valence-corrected chi connectivity index (χ2v) is 4.95. The van der Waals surface area contributed by atoms with Crippen molar-refractivity contribution in [3.8, 4) is 11.3 Å². The van der Waals surface area contributed by atoms with E-state index in [2.05, 4.69) is 34.2 Å². The molecule has 0 aliphatic rings. The maximum atomic E-state index is 6.21. The van der Waals surface area contributed by atoms with E-state index in [0.717, 1.165) is 22.6 Å². The molecule has 2 aromatic carbocycles. The van der Waals surface area contributed by atoms with Crippen LogP contribution in [0.3, 0.4) is 0 Å². The van der Waals surface area contributed by atoms with Crippen molar-refractivity contribution in [1.29, 1.82) is 0 Å². The Morgan fingerprint density at radius 2 is 1.53 bits per heavy atom. The molecule has 0 amide bonds. The molecule has 0 bridgehead atoms. The van der Waals surface area contributed by atoms with Gasteiger partial charge in [0.25, 0.3) is 0 Å². The first kappa shape index (κ1) is 12.1. The molecule has 94 valence electrons. The molecule has 3 heteroatoms. The predicted octanol–water partition coefficient (Wildman–Crippen LogP) is 4.57. The van der Waals surface area contributed by atoms with Gasteiger partial charge in [0, 0.05) is 5.56 Å². The summed E-state index contributed by atoms with van der Waals surface area (Å²) in [5.74, 6) is 0. The largest absolute Gasteiger partial charge is 0.248 e. The molecule has 0 fully saturated rings. The number of nitrogens with zero attached hydrogens (tertiary/aromatic N) is 2. The normalized spacial score (nSPS) is 10.9. The van der Waals surface area contributed by atoms with Gasteiger partial charge in [0.2, 0.25) is 0 Å². The van der Waals surface area contributed by atoms with E-state index in [4.69, 9.17) is 11.6 Å². The molecular weight excluding hydrogens is 256 g/mol. The Labute approximate surface area is 117 Å². The van der Waals surface area contributed by atoms with E-state index in [9.17, 15) is 0 Å². The highest BCUT2D eigenvalue weighted by Crippen LogP contribution is 2.28. The van der Waals surface area contributed by atoms with Gasteiger partial charge in [0.05, 0.1) is 11.4 Å². The molecule has 2 nitrogen and oxygen atoms in total. The first-order valence-corrected chi connectivity index (χ1v) is 6.53. The van der Waals surface area contributed by atoms with E-state index < -0.39 is 0 Å². The number of benzene rings is 2. The second kappa shape index (κ2) is 4.63. The Hall–Kier alpha value is -1.93. The van der Waals surface area contributed by atoms with Crippen molar-refractivity contribution in [3.05, 3.63) is 59.0 Å². The van der Waals surface area contributed by atoms with Gasteiger partial charge in [-0.1, -0.05) is 48.0 Å². The third-order valence-corrected chi connectivity index (χ3v) is 3.55. The van der Waals surface area contributed by atoms with Crippen LogP contribution in [0.1, 0.15) is 11.4 Å². The molecule has 1 aromatic heterocycles.